The van der Waals surface area contributed by atoms with Gasteiger partial charge in [-0.05, 0) is 31.7 Å². The molecule has 0 bridgehead atoms. The molecule has 0 spiro atoms. The van der Waals surface area contributed by atoms with E-state index < -0.39 is 0 Å². The fourth-order valence-corrected chi connectivity index (χ4v) is 2.49. The fraction of sp³-hybridized carbons (Fsp3) is 0.350. The molecule has 0 radical (unpaired) electrons. The van der Waals surface area contributed by atoms with Crippen LogP contribution in [-0.2, 0) is 6.54 Å². The molecule has 2 rings (SSSR count). The molecule has 6 nitrogen and oxygen atoms in total. The molecule has 2 aromatic rings. The highest BCUT2D eigenvalue weighted by Gasteiger charge is 2.10. The third-order valence-electron chi connectivity index (χ3n) is 4.22. The number of nitrogens with zero attached hydrogens (tertiary/aromatic N) is 2. The van der Waals surface area contributed by atoms with Crippen LogP contribution in [0.1, 0.15) is 12.5 Å². The van der Waals surface area contributed by atoms with Gasteiger partial charge in [-0.2, -0.15) is 0 Å². The minimum absolute atomic E-state index is 0.253. The minimum Gasteiger partial charge on any atom is -0.497 e. The molecule has 0 fully saturated rings. The normalized spacial score (nSPS) is 12.7. The summed E-state index contributed by atoms with van der Waals surface area (Å²) in [5, 5.41) is 3.08. The number of hydrogen-bond acceptors (Lipinski definition) is 4. The van der Waals surface area contributed by atoms with E-state index in [9.17, 15) is 0 Å². The highest BCUT2D eigenvalue weighted by Crippen LogP contribution is 2.28. The Kier molecular flexibility index (Phi) is 7.29. The summed E-state index contributed by atoms with van der Waals surface area (Å²) in [6.45, 7) is 3.59. The zero-order chi connectivity index (χ0) is 18.9. The average Bonchev–Trinajstić information content (AvgIpc) is 2.66. The largest absolute Gasteiger partial charge is 0.497 e. The first-order valence-electron chi connectivity index (χ1n) is 8.56. The quantitative estimate of drug-likeness (QED) is 0.562. The summed E-state index contributed by atoms with van der Waals surface area (Å²) in [6.07, 6.45) is 0. The van der Waals surface area contributed by atoms with Crippen molar-refractivity contribution in [1.29, 1.82) is 0 Å². The van der Waals surface area contributed by atoms with Crippen molar-refractivity contribution in [3.05, 3.63) is 54.1 Å². The molecule has 1 unspecified atom stereocenters. The van der Waals surface area contributed by atoms with Crippen LogP contribution in [0.5, 0.6) is 11.5 Å². The Morgan fingerprint density at radius 1 is 1.15 bits per heavy atom. The van der Waals surface area contributed by atoms with Crippen LogP contribution in [-0.4, -0.2) is 44.7 Å². The zero-order valence-electron chi connectivity index (χ0n) is 15.9. The van der Waals surface area contributed by atoms with Gasteiger partial charge < -0.3 is 20.5 Å². The first-order valence-corrected chi connectivity index (χ1v) is 8.56. The Morgan fingerprint density at radius 2 is 1.88 bits per heavy atom. The van der Waals surface area contributed by atoms with Crippen molar-refractivity contribution in [3.8, 4) is 11.5 Å². The molecule has 0 saturated heterocycles. The Morgan fingerprint density at radius 3 is 2.54 bits per heavy atom. The molecule has 0 aromatic heterocycles. The van der Waals surface area contributed by atoms with Crippen molar-refractivity contribution in [2.24, 2.45) is 10.7 Å². The van der Waals surface area contributed by atoms with Gasteiger partial charge in [-0.1, -0.05) is 30.3 Å². The highest BCUT2D eigenvalue weighted by molar-refractivity contribution is 5.94. The van der Waals surface area contributed by atoms with Gasteiger partial charge in [-0.3, -0.25) is 9.89 Å². The number of ether oxygens (including phenoxy) is 2. The van der Waals surface area contributed by atoms with Gasteiger partial charge in [0.25, 0.3) is 0 Å². The lowest BCUT2D eigenvalue weighted by atomic mass is 10.2. The predicted molar refractivity (Wildman–Crippen MR) is 107 cm³/mol. The topological polar surface area (TPSA) is 72.1 Å². The highest BCUT2D eigenvalue weighted by atomic mass is 16.5. The fourth-order valence-electron chi connectivity index (χ4n) is 2.49. The van der Waals surface area contributed by atoms with Crippen molar-refractivity contribution >= 4 is 11.6 Å². The van der Waals surface area contributed by atoms with Crippen LogP contribution < -0.4 is 20.5 Å². The summed E-state index contributed by atoms with van der Waals surface area (Å²) < 4.78 is 10.6. The van der Waals surface area contributed by atoms with Gasteiger partial charge >= 0.3 is 0 Å². The molecule has 0 aliphatic rings. The molecule has 6 heteroatoms. The summed E-state index contributed by atoms with van der Waals surface area (Å²) in [5.74, 6) is 1.74. The lowest BCUT2D eigenvalue weighted by Crippen LogP contribution is -2.32. The average molecular weight is 356 g/mol. The van der Waals surface area contributed by atoms with E-state index in [1.807, 2.05) is 24.3 Å². The lowest BCUT2D eigenvalue weighted by Gasteiger charge is -2.23. The summed E-state index contributed by atoms with van der Waals surface area (Å²) in [4.78, 5) is 6.71. The summed E-state index contributed by atoms with van der Waals surface area (Å²) in [5.41, 5.74) is 8.04. The number of nitrogens with one attached hydrogen (secondary N) is 1. The van der Waals surface area contributed by atoms with Crippen molar-refractivity contribution in [3.63, 3.8) is 0 Å². The number of nitrogens with two attached hydrogens (primary N) is 1. The van der Waals surface area contributed by atoms with Crippen LogP contribution in [0.4, 0.5) is 5.69 Å². The molecule has 0 heterocycles. The standard InChI is InChI=1S/C20H28N4O2/c1-15(24(2)14-16-8-6-5-7-9-16)13-22-20(21)23-18-12-17(25-3)10-11-19(18)26-4/h5-12,15H,13-14H2,1-4H3,(H3,21,22,23). The molecule has 26 heavy (non-hydrogen) atoms. The maximum Gasteiger partial charge on any atom is 0.193 e. The van der Waals surface area contributed by atoms with E-state index >= 15 is 0 Å². The number of likely N-dealkylation sites (N-methyl/N-ethyl adjacent to an activating group) is 1. The van der Waals surface area contributed by atoms with E-state index in [0.717, 1.165) is 18.0 Å². The molecular formula is C20H28N4O2. The van der Waals surface area contributed by atoms with Crippen LogP contribution in [0.25, 0.3) is 0 Å². The van der Waals surface area contributed by atoms with E-state index in [1.165, 1.54) is 5.56 Å². The number of methoxy groups -OCH3 is 2. The molecule has 0 amide bonds. The van der Waals surface area contributed by atoms with Gasteiger partial charge in [0, 0.05) is 18.7 Å². The van der Waals surface area contributed by atoms with E-state index in [-0.39, 0.29) is 6.04 Å². The van der Waals surface area contributed by atoms with Crippen LogP contribution in [0.15, 0.2) is 53.5 Å². The molecule has 3 N–H and O–H groups in total. The first kappa shape index (κ1) is 19.6. The molecule has 2 aromatic carbocycles. The van der Waals surface area contributed by atoms with Crippen LogP contribution in [0, 0.1) is 0 Å². The summed E-state index contributed by atoms with van der Waals surface area (Å²) >= 11 is 0. The Hall–Kier alpha value is -2.73. The Bertz CT molecular complexity index is 719. The lowest BCUT2D eigenvalue weighted by molar-refractivity contribution is 0.255. The van der Waals surface area contributed by atoms with E-state index in [1.54, 1.807) is 14.2 Å². The number of benzene rings is 2. The molecule has 0 aliphatic heterocycles. The Balaban J connectivity index is 1.95. The second kappa shape index (κ2) is 9.68. The number of anilines is 1. The SMILES string of the molecule is COc1ccc(OC)c(NC(N)=NCC(C)N(C)Cc2ccccc2)c1. The van der Waals surface area contributed by atoms with Gasteiger partial charge in [-0.15, -0.1) is 0 Å². The van der Waals surface area contributed by atoms with E-state index in [4.69, 9.17) is 15.2 Å². The molecule has 140 valence electrons. The van der Waals surface area contributed by atoms with Gasteiger partial charge in [-0.25, -0.2) is 0 Å². The maximum absolute atomic E-state index is 6.05. The monoisotopic (exact) mass is 356 g/mol. The smallest absolute Gasteiger partial charge is 0.193 e. The van der Waals surface area contributed by atoms with Gasteiger partial charge in [0.15, 0.2) is 5.96 Å². The van der Waals surface area contributed by atoms with Crippen LogP contribution in [0.2, 0.25) is 0 Å². The van der Waals surface area contributed by atoms with Crippen molar-refractivity contribution < 1.29 is 9.47 Å². The second-order valence-corrected chi connectivity index (χ2v) is 6.17. The zero-order valence-corrected chi connectivity index (χ0v) is 15.9. The number of aliphatic imine (C=N–C) groups is 1. The third-order valence-corrected chi connectivity index (χ3v) is 4.22. The van der Waals surface area contributed by atoms with Crippen molar-refractivity contribution in [2.75, 3.05) is 33.1 Å². The first-order chi connectivity index (χ1) is 12.5. The van der Waals surface area contributed by atoms with Crippen LogP contribution in [0.3, 0.4) is 0 Å². The Labute approximate surface area is 155 Å². The molecular weight excluding hydrogens is 328 g/mol. The number of hydrogen-bond donors (Lipinski definition) is 2. The third kappa shape index (κ3) is 5.67. The van der Waals surface area contributed by atoms with E-state index in [2.05, 4.69) is 53.4 Å². The predicted octanol–water partition coefficient (Wildman–Crippen LogP) is 2.95. The van der Waals surface area contributed by atoms with Crippen molar-refractivity contribution in [1.82, 2.24) is 4.90 Å². The summed E-state index contributed by atoms with van der Waals surface area (Å²) in [7, 11) is 5.32. The van der Waals surface area contributed by atoms with Gasteiger partial charge in [0.1, 0.15) is 11.5 Å². The van der Waals surface area contributed by atoms with Crippen molar-refractivity contribution in [2.45, 2.75) is 19.5 Å². The molecule has 0 saturated carbocycles. The number of rotatable bonds is 8. The molecule has 0 aliphatic carbocycles. The minimum atomic E-state index is 0.253. The molecule has 1 atom stereocenters. The van der Waals surface area contributed by atoms with Gasteiger partial charge in [0.05, 0.1) is 26.5 Å². The van der Waals surface area contributed by atoms with Gasteiger partial charge in [0.2, 0.25) is 0 Å². The number of guanidine groups is 1. The van der Waals surface area contributed by atoms with E-state index in [0.29, 0.717) is 18.3 Å². The maximum atomic E-state index is 6.05. The summed E-state index contributed by atoms with van der Waals surface area (Å²) in [6, 6.07) is 16.1. The van der Waals surface area contributed by atoms with Crippen LogP contribution >= 0.6 is 0 Å². The second-order valence-electron chi connectivity index (χ2n) is 6.17.